The lowest BCUT2D eigenvalue weighted by molar-refractivity contribution is -0.159. The molecule has 4 rings (SSSR count). The Hall–Kier alpha value is -4.10. The number of hydrogen-bond donors (Lipinski definition) is 4. The average molecular weight is 519 g/mol. The van der Waals surface area contributed by atoms with Crippen LogP contribution >= 0.6 is 11.3 Å². The number of thiophene rings is 1. The Morgan fingerprint density at radius 1 is 0.861 bits per heavy atom. The van der Waals surface area contributed by atoms with Crippen molar-refractivity contribution < 1.29 is 39.6 Å². The molecule has 12 nitrogen and oxygen atoms in total. The number of likely N-dealkylation sites (N-methyl/N-ethyl adjacent to an activating group) is 1. The molecule has 3 heterocycles. The van der Waals surface area contributed by atoms with Gasteiger partial charge in [-0.2, -0.15) is 0 Å². The molecule has 0 radical (unpaired) electrons. The van der Waals surface area contributed by atoms with E-state index in [1.54, 1.807) is 17.7 Å². The van der Waals surface area contributed by atoms with Gasteiger partial charge in [0.25, 0.3) is 0 Å². The molecule has 0 saturated carbocycles. The minimum absolute atomic E-state index is 1.03. The van der Waals surface area contributed by atoms with E-state index in [0.29, 0.717) is 0 Å². The number of nitrogens with zero attached hydrogens (tertiary/aromatic N) is 4. The van der Waals surface area contributed by atoms with Gasteiger partial charge in [0, 0.05) is 36.6 Å². The number of aromatic nitrogens is 2. The van der Waals surface area contributed by atoms with E-state index in [-0.39, 0.29) is 0 Å². The van der Waals surface area contributed by atoms with Gasteiger partial charge >= 0.3 is 23.9 Å². The summed E-state index contributed by atoms with van der Waals surface area (Å²) < 4.78 is 0. The summed E-state index contributed by atoms with van der Waals surface area (Å²) in [4.78, 5) is 52.9. The SMILES string of the molecule is CCN1CCN(c2ncnc3sc(C)c(-c4ccccc4)c23)CC1.O=C(O)C(=O)O.O=C(O)C(=O)O. The molecular weight excluding hydrogens is 492 g/mol. The van der Waals surface area contributed by atoms with E-state index in [4.69, 9.17) is 39.6 Å². The van der Waals surface area contributed by atoms with Crippen LogP contribution in [0.25, 0.3) is 21.3 Å². The van der Waals surface area contributed by atoms with Crippen molar-refractivity contribution in [3.05, 3.63) is 41.5 Å². The van der Waals surface area contributed by atoms with Crippen LogP contribution < -0.4 is 4.90 Å². The van der Waals surface area contributed by atoms with Crippen LogP contribution in [0.1, 0.15) is 11.8 Å². The highest BCUT2D eigenvalue weighted by atomic mass is 32.1. The number of carbonyl (C=O) groups is 4. The standard InChI is InChI=1S/C19H22N4S.2C2H2O4/c1-3-22-9-11-23(12-10-22)18-17-16(15-7-5-4-6-8-15)14(2)24-19(17)21-13-20-18;2*3-1(4)2(5)6/h4-8,13H,3,9-12H2,1-2H3;2*(H,3,4)(H,5,6). The van der Waals surface area contributed by atoms with Crippen molar-refractivity contribution in [2.24, 2.45) is 0 Å². The zero-order valence-corrected chi connectivity index (χ0v) is 20.4. The van der Waals surface area contributed by atoms with Gasteiger partial charge in [-0.05, 0) is 19.0 Å². The lowest BCUT2D eigenvalue weighted by Gasteiger charge is -2.35. The normalized spacial score (nSPS) is 13.1. The fraction of sp³-hybridized carbons (Fsp3) is 0.304. The summed E-state index contributed by atoms with van der Waals surface area (Å²) >= 11 is 1.77. The third-order valence-electron chi connectivity index (χ3n) is 5.19. The second kappa shape index (κ2) is 13.1. The first kappa shape index (κ1) is 28.1. The summed E-state index contributed by atoms with van der Waals surface area (Å²) in [6.07, 6.45) is 1.72. The minimum Gasteiger partial charge on any atom is -0.473 e. The second-order valence-electron chi connectivity index (χ2n) is 7.42. The Morgan fingerprint density at radius 2 is 1.39 bits per heavy atom. The fourth-order valence-electron chi connectivity index (χ4n) is 3.50. The summed E-state index contributed by atoms with van der Waals surface area (Å²) in [6, 6.07) is 10.6. The van der Waals surface area contributed by atoms with Crippen LogP contribution in [-0.2, 0) is 19.2 Å². The van der Waals surface area contributed by atoms with Gasteiger partial charge in [-0.25, -0.2) is 29.1 Å². The van der Waals surface area contributed by atoms with Crippen molar-refractivity contribution in [1.82, 2.24) is 14.9 Å². The molecule has 0 atom stereocenters. The van der Waals surface area contributed by atoms with Crippen molar-refractivity contribution in [3.63, 3.8) is 0 Å². The van der Waals surface area contributed by atoms with E-state index in [0.717, 1.165) is 43.4 Å². The molecule has 36 heavy (non-hydrogen) atoms. The first-order chi connectivity index (χ1) is 17.1. The van der Waals surface area contributed by atoms with E-state index in [9.17, 15) is 0 Å². The molecular formula is C23H26N4O8S. The predicted molar refractivity (Wildman–Crippen MR) is 132 cm³/mol. The molecule has 3 aromatic rings. The lowest BCUT2D eigenvalue weighted by Crippen LogP contribution is -2.46. The Bertz CT molecular complexity index is 1180. The van der Waals surface area contributed by atoms with Gasteiger partial charge in [0.05, 0.1) is 5.39 Å². The molecule has 2 aromatic heterocycles. The zero-order valence-electron chi connectivity index (χ0n) is 19.6. The summed E-state index contributed by atoms with van der Waals surface area (Å²) in [7, 11) is 0. The monoisotopic (exact) mass is 518 g/mol. The molecule has 0 aliphatic carbocycles. The zero-order chi connectivity index (χ0) is 26.8. The van der Waals surface area contributed by atoms with Crippen molar-refractivity contribution in [3.8, 4) is 11.1 Å². The van der Waals surface area contributed by atoms with Gasteiger partial charge in [0.15, 0.2) is 0 Å². The highest BCUT2D eigenvalue weighted by Crippen LogP contribution is 2.41. The number of aliphatic carboxylic acids is 4. The maximum Gasteiger partial charge on any atom is 0.414 e. The molecule has 192 valence electrons. The summed E-state index contributed by atoms with van der Waals surface area (Å²) in [6.45, 7) is 9.81. The van der Waals surface area contributed by atoms with Gasteiger partial charge < -0.3 is 30.2 Å². The molecule has 13 heteroatoms. The maximum absolute atomic E-state index is 9.10. The highest BCUT2D eigenvalue weighted by molar-refractivity contribution is 7.19. The minimum atomic E-state index is -1.82. The maximum atomic E-state index is 9.10. The molecule has 1 aromatic carbocycles. The number of aryl methyl sites for hydroxylation is 1. The van der Waals surface area contributed by atoms with Gasteiger partial charge in [0.2, 0.25) is 0 Å². The van der Waals surface area contributed by atoms with Crippen molar-refractivity contribution >= 4 is 51.2 Å². The van der Waals surface area contributed by atoms with Gasteiger partial charge in [0.1, 0.15) is 17.0 Å². The predicted octanol–water partition coefficient (Wildman–Crippen LogP) is 2.12. The van der Waals surface area contributed by atoms with Crippen LogP contribution in [0.3, 0.4) is 0 Å². The number of piperazine rings is 1. The number of anilines is 1. The van der Waals surface area contributed by atoms with E-state index in [1.165, 1.54) is 21.4 Å². The van der Waals surface area contributed by atoms with Crippen LogP contribution in [0, 0.1) is 6.92 Å². The van der Waals surface area contributed by atoms with Crippen LogP contribution in [0.5, 0.6) is 0 Å². The number of carboxylic acids is 4. The third-order valence-corrected chi connectivity index (χ3v) is 6.20. The fourth-order valence-corrected chi connectivity index (χ4v) is 4.50. The lowest BCUT2D eigenvalue weighted by atomic mass is 10.0. The Kier molecular flexibility index (Phi) is 10.2. The van der Waals surface area contributed by atoms with E-state index in [1.807, 2.05) is 0 Å². The first-order valence-corrected chi connectivity index (χ1v) is 11.6. The molecule has 4 N–H and O–H groups in total. The number of benzene rings is 1. The van der Waals surface area contributed by atoms with Crippen LogP contribution in [-0.4, -0.2) is 91.9 Å². The molecule has 0 amide bonds. The highest BCUT2D eigenvalue weighted by Gasteiger charge is 2.23. The Morgan fingerprint density at radius 3 is 1.86 bits per heavy atom. The van der Waals surface area contributed by atoms with E-state index in [2.05, 4.69) is 63.9 Å². The smallest absolute Gasteiger partial charge is 0.414 e. The molecule has 1 aliphatic rings. The van der Waals surface area contributed by atoms with Crippen molar-refractivity contribution in [2.75, 3.05) is 37.6 Å². The Balaban J connectivity index is 0.000000319. The number of rotatable bonds is 3. The summed E-state index contributed by atoms with van der Waals surface area (Å²) in [5.74, 6) is -6.20. The van der Waals surface area contributed by atoms with Gasteiger partial charge in [-0.15, -0.1) is 11.3 Å². The van der Waals surface area contributed by atoms with Gasteiger partial charge in [-0.3, -0.25) is 0 Å². The molecule has 1 fully saturated rings. The second-order valence-corrected chi connectivity index (χ2v) is 8.62. The number of hydrogen-bond acceptors (Lipinski definition) is 9. The van der Waals surface area contributed by atoms with Crippen molar-refractivity contribution in [2.45, 2.75) is 13.8 Å². The average Bonchev–Trinajstić information content (AvgIpc) is 3.21. The first-order valence-electron chi connectivity index (χ1n) is 10.8. The van der Waals surface area contributed by atoms with Crippen molar-refractivity contribution in [1.29, 1.82) is 0 Å². The molecule has 1 aliphatic heterocycles. The van der Waals surface area contributed by atoms with Crippen LogP contribution in [0.15, 0.2) is 36.7 Å². The van der Waals surface area contributed by atoms with Crippen LogP contribution in [0.4, 0.5) is 5.82 Å². The van der Waals surface area contributed by atoms with Gasteiger partial charge in [-0.1, -0.05) is 37.3 Å². The summed E-state index contributed by atoms with van der Waals surface area (Å²) in [5.41, 5.74) is 2.55. The summed E-state index contributed by atoms with van der Waals surface area (Å²) in [5, 5.41) is 30.8. The number of fused-ring (bicyclic) bond motifs is 1. The molecule has 0 spiro atoms. The van der Waals surface area contributed by atoms with Crippen LogP contribution in [0.2, 0.25) is 0 Å². The largest absolute Gasteiger partial charge is 0.473 e. The third kappa shape index (κ3) is 7.45. The Labute approximate surface area is 210 Å². The van der Waals surface area contributed by atoms with E-state index >= 15 is 0 Å². The van der Waals surface area contributed by atoms with E-state index < -0.39 is 23.9 Å². The molecule has 1 saturated heterocycles. The quantitative estimate of drug-likeness (QED) is 0.371. The number of carboxylic acid groups (broad SMARTS) is 4. The molecule has 0 unspecified atom stereocenters. The topological polar surface area (TPSA) is 181 Å². The molecule has 0 bridgehead atoms.